The van der Waals surface area contributed by atoms with Crippen molar-refractivity contribution >= 4 is 21.5 Å². The van der Waals surface area contributed by atoms with Crippen LogP contribution >= 0.6 is 15.4 Å². The summed E-state index contributed by atoms with van der Waals surface area (Å²) in [6.45, 7) is -0.209. The topological polar surface area (TPSA) is 207 Å². The van der Waals surface area contributed by atoms with Crippen LogP contribution in [-0.2, 0) is 33.8 Å². The molecule has 2 fully saturated rings. The van der Waals surface area contributed by atoms with Crippen molar-refractivity contribution in [3.05, 3.63) is 74.3 Å². The number of ether oxygens (including phenoxy) is 3. The van der Waals surface area contributed by atoms with Crippen LogP contribution in [0.4, 0.5) is 0 Å². The van der Waals surface area contributed by atoms with Gasteiger partial charge in [-0.2, -0.15) is 0 Å². The van der Waals surface area contributed by atoms with Crippen LogP contribution in [0.15, 0.2) is 51.9 Å². The number of benzene rings is 1. The van der Waals surface area contributed by atoms with Gasteiger partial charge in [0.1, 0.15) is 12.3 Å². The highest BCUT2D eigenvalue weighted by atomic mass is 31.2. The van der Waals surface area contributed by atoms with Crippen LogP contribution < -0.4 is 11.2 Å². The molecule has 2 aliphatic rings. The number of H-pyrrole nitrogens is 1. The van der Waals surface area contributed by atoms with Crippen molar-refractivity contribution in [3.8, 4) is 0 Å². The van der Waals surface area contributed by atoms with E-state index in [1.807, 2.05) is 4.98 Å². The summed E-state index contributed by atoms with van der Waals surface area (Å²) in [5.41, 5.74) is -1.73. The molecule has 5 N–H and O–H groups in total. The van der Waals surface area contributed by atoms with Gasteiger partial charge in [-0.15, -0.1) is 0 Å². The van der Waals surface area contributed by atoms with Crippen molar-refractivity contribution in [2.45, 2.75) is 30.8 Å². The maximum Gasteiger partial charge on any atom is 0.474 e. The standard InChI is InChI=1S/C18H20N2O12P2/c21-16-11(6-7-33(23,24)25)9-20(17(22)19-16)15-8-13-14(30-15)10-29-18(31-13,32-34(26,27)28)12-4-2-1-3-5-12/h1-7,9,13-15H,8,10H2,(H,19,21,22)(H2,23,24,25)(H2,26,27,28)/b7-6+/t13-,14-,15-,18-/m1/s1. The summed E-state index contributed by atoms with van der Waals surface area (Å²) >= 11 is 0. The van der Waals surface area contributed by atoms with Gasteiger partial charge in [-0.25, -0.2) is 13.9 Å². The van der Waals surface area contributed by atoms with Gasteiger partial charge in [0.15, 0.2) is 0 Å². The van der Waals surface area contributed by atoms with E-state index in [2.05, 4.69) is 0 Å². The van der Waals surface area contributed by atoms with E-state index in [0.29, 0.717) is 5.82 Å². The number of rotatable bonds is 6. The molecule has 3 heterocycles. The van der Waals surface area contributed by atoms with Crippen molar-refractivity contribution in [2.24, 2.45) is 0 Å². The van der Waals surface area contributed by atoms with Gasteiger partial charge in [-0.05, 0) is 6.08 Å². The zero-order valence-electron chi connectivity index (χ0n) is 17.2. The molecule has 184 valence electrons. The number of fused-ring (bicyclic) bond motifs is 1. The minimum absolute atomic E-state index is 0.000721. The second-order valence-electron chi connectivity index (χ2n) is 7.49. The fourth-order valence-corrected chi connectivity index (χ4v) is 4.50. The highest BCUT2D eigenvalue weighted by Gasteiger charge is 2.53. The van der Waals surface area contributed by atoms with Gasteiger partial charge in [-0.3, -0.25) is 18.9 Å². The molecule has 0 aliphatic carbocycles. The van der Waals surface area contributed by atoms with E-state index in [1.165, 1.54) is 12.1 Å². The molecule has 0 radical (unpaired) electrons. The molecule has 1 aromatic heterocycles. The first-order valence-electron chi connectivity index (χ1n) is 9.74. The van der Waals surface area contributed by atoms with Gasteiger partial charge < -0.3 is 33.8 Å². The van der Waals surface area contributed by atoms with E-state index >= 15 is 0 Å². The summed E-state index contributed by atoms with van der Waals surface area (Å²) in [6, 6.07) is 7.86. The fraction of sp³-hybridized carbons (Fsp3) is 0.333. The quantitative estimate of drug-likeness (QED) is 0.328. The Hall–Kier alpha value is -2.22. The maximum atomic E-state index is 12.4. The first-order chi connectivity index (χ1) is 15.9. The molecule has 16 heteroatoms. The number of aromatic nitrogens is 2. The predicted molar refractivity (Wildman–Crippen MR) is 113 cm³/mol. The summed E-state index contributed by atoms with van der Waals surface area (Å²) in [7, 11) is -9.63. The zero-order valence-corrected chi connectivity index (χ0v) is 19.0. The molecule has 0 unspecified atom stereocenters. The maximum absolute atomic E-state index is 12.4. The molecule has 14 nitrogen and oxygen atoms in total. The number of nitrogens with one attached hydrogen (secondary N) is 1. The van der Waals surface area contributed by atoms with Crippen LogP contribution in [0.2, 0.25) is 0 Å². The van der Waals surface area contributed by atoms with Crippen molar-refractivity contribution in [1.29, 1.82) is 0 Å². The number of phosphoric ester groups is 1. The Bertz CT molecular complexity index is 1300. The highest BCUT2D eigenvalue weighted by Crippen LogP contribution is 2.50. The number of phosphoric acid groups is 1. The van der Waals surface area contributed by atoms with Crippen LogP contribution in [0.3, 0.4) is 0 Å². The lowest BCUT2D eigenvalue weighted by atomic mass is 10.1. The third-order valence-corrected chi connectivity index (χ3v) is 6.06. The summed E-state index contributed by atoms with van der Waals surface area (Å²) in [5.74, 6) is -1.71. The number of nitrogens with zero attached hydrogens (tertiary/aromatic N) is 1. The summed E-state index contributed by atoms with van der Waals surface area (Å²) < 4.78 is 45.8. The molecule has 34 heavy (non-hydrogen) atoms. The molecule has 4 rings (SSSR count). The molecule has 1 aromatic carbocycles. The van der Waals surface area contributed by atoms with Crippen LogP contribution in [0.1, 0.15) is 23.8 Å². The Morgan fingerprint density at radius 1 is 1.12 bits per heavy atom. The summed E-state index contributed by atoms with van der Waals surface area (Å²) in [6.07, 6.45) is -0.626. The lowest BCUT2D eigenvalue weighted by Gasteiger charge is -2.40. The molecule has 0 spiro atoms. The first kappa shape index (κ1) is 24.9. The van der Waals surface area contributed by atoms with Crippen LogP contribution in [0.25, 0.3) is 6.08 Å². The number of hydrogen-bond donors (Lipinski definition) is 5. The Morgan fingerprint density at radius 3 is 2.47 bits per heavy atom. The zero-order chi connectivity index (χ0) is 24.7. The van der Waals surface area contributed by atoms with E-state index < -0.39 is 51.1 Å². The highest BCUT2D eigenvalue weighted by molar-refractivity contribution is 7.55. The van der Waals surface area contributed by atoms with Gasteiger partial charge in [-0.1, -0.05) is 30.3 Å². The minimum atomic E-state index is -5.07. The molecule has 2 saturated heterocycles. The van der Waals surface area contributed by atoms with Gasteiger partial charge in [0, 0.05) is 24.0 Å². The molecule has 2 aliphatic heterocycles. The summed E-state index contributed by atoms with van der Waals surface area (Å²) in [5, 5.41) is 0. The molecule has 0 amide bonds. The van der Waals surface area contributed by atoms with Crippen LogP contribution in [0.5, 0.6) is 0 Å². The molecule has 0 saturated carbocycles. The van der Waals surface area contributed by atoms with Gasteiger partial charge in [0.2, 0.25) is 0 Å². The predicted octanol–water partition coefficient (Wildman–Crippen LogP) is 0.308. The van der Waals surface area contributed by atoms with Crippen molar-refractivity contribution in [3.63, 3.8) is 0 Å². The average Bonchev–Trinajstić information content (AvgIpc) is 3.14. The molecular weight excluding hydrogens is 498 g/mol. The molecule has 2 aromatic rings. The van der Waals surface area contributed by atoms with Gasteiger partial charge in [0.05, 0.1) is 18.3 Å². The van der Waals surface area contributed by atoms with Gasteiger partial charge in [0.25, 0.3) is 5.56 Å². The monoisotopic (exact) mass is 518 g/mol. The normalized spacial score (nSPS) is 27.7. The van der Waals surface area contributed by atoms with Crippen molar-refractivity contribution in [2.75, 3.05) is 6.61 Å². The van der Waals surface area contributed by atoms with Crippen molar-refractivity contribution in [1.82, 2.24) is 9.55 Å². The van der Waals surface area contributed by atoms with Crippen LogP contribution in [0, 0.1) is 0 Å². The van der Waals surface area contributed by atoms with E-state index in [9.17, 15) is 28.5 Å². The molecular formula is C18H20N2O12P2. The first-order valence-corrected chi connectivity index (χ1v) is 13.0. The fourth-order valence-electron chi connectivity index (χ4n) is 3.63. The largest absolute Gasteiger partial charge is 0.474 e. The molecule has 4 atom stereocenters. The van der Waals surface area contributed by atoms with Gasteiger partial charge >= 0.3 is 27.1 Å². The van der Waals surface area contributed by atoms with E-state index in [1.54, 1.807) is 18.2 Å². The lowest BCUT2D eigenvalue weighted by molar-refractivity contribution is -0.410. The smallest absolute Gasteiger partial charge is 0.349 e. The number of aromatic amines is 1. The Morgan fingerprint density at radius 2 is 1.82 bits per heavy atom. The second-order valence-corrected chi connectivity index (χ2v) is 10.1. The number of hydrogen-bond acceptors (Lipinski definition) is 8. The second kappa shape index (κ2) is 9.10. The average molecular weight is 518 g/mol. The SMILES string of the molecule is O=c1[nH]c(=O)n([C@H]2C[C@H]3O[C@@](OP(=O)(O)O)(c4ccccc4)OC[C@H]3O2)cc1/C=C/P(=O)(O)O. The van der Waals surface area contributed by atoms with E-state index in [4.69, 9.17) is 28.5 Å². The van der Waals surface area contributed by atoms with Crippen molar-refractivity contribution < 1.29 is 47.4 Å². The minimum Gasteiger partial charge on any atom is -0.349 e. The Balaban J connectivity index is 1.63. The van der Waals surface area contributed by atoms with E-state index in [0.717, 1.165) is 16.8 Å². The van der Waals surface area contributed by atoms with Crippen LogP contribution in [-0.4, -0.2) is 47.9 Å². The third kappa shape index (κ3) is 5.53. The lowest BCUT2D eigenvalue weighted by Crippen LogP contribution is -2.49. The Kier molecular flexibility index (Phi) is 6.66. The molecule has 0 bridgehead atoms. The Labute approximate surface area is 190 Å². The summed E-state index contributed by atoms with van der Waals surface area (Å²) in [4.78, 5) is 63.2. The third-order valence-electron chi connectivity index (χ3n) is 5.04. The van der Waals surface area contributed by atoms with E-state index in [-0.39, 0.29) is 24.2 Å².